The zero-order valence-corrected chi connectivity index (χ0v) is 15.3. The van der Waals surface area contributed by atoms with Crippen LogP contribution in [0.25, 0.3) is 11.0 Å². The fourth-order valence-corrected chi connectivity index (χ4v) is 3.55. The number of amides is 1. The normalized spacial score (nSPS) is 17.4. The SMILES string of the molecule is C[C@H]1COCCN1c1ncnc2c1ccn2Cc1ccc(CC(N)=O)cc1. The van der Waals surface area contributed by atoms with Crippen molar-refractivity contribution in [3.63, 3.8) is 0 Å². The van der Waals surface area contributed by atoms with Gasteiger partial charge < -0.3 is 19.9 Å². The molecule has 1 fully saturated rings. The topological polar surface area (TPSA) is 86.3 Å². The molecule has 0 bridgehead atoms. The van der Waals surface area contributed by atoms with Gasteiger partial charge in [-0.05, 0) is 24.1 Å². The highest BCUT2D eigenvalue weighted by Gasteiger charge is 2.23. The lowest BCUT2D eigenvalue weighted by molar-refractivity contribution is -0.117. The van der Waals surface area contributed by atoms with Crippen LogP contribution in [0, 0.1) is 0 Å². The summed E-state index contributed by atoms with van der Waals surface area (Å²) in [6, 6.07) is 10.3. The number of nitrogens with two attached hydrogens (primary N) is 1. The Kier molecular flexibility index (Phi) is 4.77. The van der Waals surface area contributed by atoms with Gasteiger partial charge in [-0.15, -0.1) is 0 Å². The van der Waals surface area contributed by atoms with E-state index in [2.05, 4.69) is 32.4 Å². The fourth-order valence-electron chi connectivity index (χ4n) is 3.55. The summed E-state index contributed by atoms with van der Waals surface area (Å²) in [5.41, 5.74) is 8.23. The van der Waals surface area contributed by atoms with Crippen molar-refractivity contribution >= 4 is 22.8 Å². The summed E-state index contributed by atoms with van der Waals surface area (Å²) in [7, 11) is 0. The Morgan fingerprint density at radius 3 is 2.74 bits per heavy atom. The Morgan fingerprint density at radius 2 is 2.00 bits per heavy atom. The first kappa shape index (κ1) is 17.5. The monoisotopic (exact) mass is 365 g/mol. The van der Waals surface area contributed by atoms with Crippen molar-refractivity contribution in [3.8, 4) is 0 Å². The molecule has 3 heterocycles. The lowest BCUT2D eigenvalue weighted by Gasteiger charge is -2.34. The predicted octanol–water partition coefficient (Wildman–Crippen LogP) is 1.73. The molecule has 27 heavy (non-hydrogen) atoms. The third-order valence-corrected chi connectivity index (χ3v) is 4.93. The fraction of sp³-hybridized carbons (Fsp3) is 0.350. The van der Waals surface area contributed by atoms with Gasteiger partial charge in [-0.2, -0.15) is 0 Å². The number of hydrogen-bond acceptors (Lipinski definition) is 5. The Bertz CT molecular complexity index is 951. The molecule has 2 aromatic heterocycles. The number of fused-ring (bicyclic) bond motifs is 1. The number of ether oxygens (including phenoxy) is 1. The standard InChI is InChI=1S/C20H23N5O2/c1-14-12-27-9-8-25(14)20-17-6-7-24(19(17)22-13-23-20)11-16-4-2-15(3-5-16)10-18(21)26/h2-7,13-14H,8-12H2,1H3,(H2,21,26)/t14-/m0/s1. The summed E-state index contributed by atoms with van der Waals surface area (Å²) in [5, 5.41) is 1.05. The Labute approximate surface area is 157 Å². The smallest absolute Gasteiger partial charge is 0.221 e. The predicted molar refractivity (Wildman–Crippen MR) is 104 cm³/mol. The average molecular weight is 365 g/mol. The molecule has 0 aliphatic carbocycles. The molecule has 0 spiro atoms. The molecule has 7 heteroatoms. The van der Waals surface area contributed by atoms with Crippen molar-refractivity contribution in [3.05, 3.63) is 54.0 Å². The molecule has 1 aromatic carbocycles. The molecule has 2 N–H and O–H groups in total. The van der Waals surface area contributed by atoms with Gasteiger partial charge in [0.25, 0.3) is 0 Å². The molecule has 7 nitrogen and oxygen atoms in total. The van der Waals surface area contributed by atoms with Crippen LogP contribution >= 0.6 is 0 Å². The molecule has 1 aliphatic heterocycles. The lowest BCUT2D eigenvalue weighted by atomic mass is 10.1. The molecule has 3 aromatic rings. The van der Waals surface area contributed by atoms with Gasteiger partial charge >= 0.3 is 0 Å². The zero-order valence-electron chi connectivity index (χ0n) is 15.3. The third kappa shape index (κ3) is 3.64. The maximum Gasteiger partial charge on any atom is 0.221 e. The summed E-state index contributed by atoms with van der Waals surface area (Å²) in [4.78, 5) is 22.4. The van der Waals surface area contributed by atoms with E-state index >= 15 is 0 Å². The van der Waals surface area contributed by atoms with Gasteiger partial charge in [-0.3, -0.25) is 4.79 Å². The highest BCUT2D eigenvalue weighted by molar-refractivity contribution is 5.88. The van der Waals surface area contributed by atoms with Gasteiger partial charge in [0.1, 0.15) is 17.8 Å². The van der Waals surface area contributed by atoms with Crippen molar-refractivity contribution in [2.45, 2.75) is 25.9 Å². The largest absolute Gasteiger partial charge is 0.377 e. The van der Waals surface area contributed by atoms with Gasteiger partial charge in [-0.25, -0.2) is 9.97 Å². The van der Waals surface area contributed by atoms with Crippen LogP contribution in [0.4, 0.5) is 5.82 Å². The minimum Gasteiger partial charge on any atom is -0.377 e. The number of nitrogens with zero attached hydrogens (tertiary/aromatic N) is 4. The van der Waals surface area contributed by atoms with E-state index in [9.17, 15) is 4.79 Å². The molecular weight excluding hydrogens is 342 g/mol. The second-order valence-electron chi connectivity index (χ2n) is 6.96. The molecular formula is C20H23N5O2. The van der Waals surface area contributed by atoms with Crippen molar-refractivity contribution in [1.29, 1.82) is 0 Å². The Balaban J connectivity index is 1.60. The van der Waals surface area contributed by atoms with Gasteiger partial charge in [-0.1, -0.05) is 24.3 Å². The van der Waals surface area contributed by atoms with E-state index in [0.29, 0.717) is 19.8 Å². The van der Waals surface area contributed by atoms with Crippen LogP contribution in [0.3, 0.4) is 0 Å². The molecule has 0 radical (unpaired) electrons. The third-order valence-electron chi connectivity index (χ3n) is 4.93. The number of hydrogen-bond donors (Lipinski definition) is 1. The average Bonchev–Trinajstić information content (AvgIpc) is 3.06. The maximum atomic E-state index is 11.0. The van der Waals surface area contributed by atoms with Gasteiger partial charge in [0.15, 0.2) is 0 Å². The molecule has 1 amide bonds. The van der Waals surface area contributed by atoms with Crippen molar-refractivity contribution in [2.75, 3.05) is 24.7 Å². The van der Waals surface area contributed by atoms with Crippen LogP contribution in [0.15, 0.2) is 42.9 Å². The Hall–Kier alpha value is -2.93. The van der Waals surface area contributed by atoms with Crippen LogP contribution in [-0.2, 0) is 22.5 Å². The molecule has 1 saturated heterocycles. The number of primary amides is 1. The highest BCUT2D eigenvalue weighted by Crippen LogP contribution is 2.27. The summed E-state index contributed by atoms with van der Waals surface area (Å²) in [5.74, 6) is 0.645. The quantitative estimate of drug-likeness (QED) is 0.744. The molecule has 4 rings (SSSR count). The summed E-state index contributed by atoms with van der Waals surface area (Å²) in [6.07, 6.45) is 3.94. The van der Waals surface area contributed by atoms with E-state index in [1.165, 1.54) is 0 Å². The number of morpholine rings is 1. The molecule has 1 atom stereocenters. The van der Waals surface area contributed by atoms with Crippen LogP contribution < -0.4 is 10.6 Å². The molecule has 0 unspecified atom stereocenters. The first-order chi connectivity index (χ1) is 13.1. The van der Waals surface area contributed by atoms with Crippen LogP contribution in [-0.4, -0.2) is 46.2 Å². The Morgan fingerprint density at radius 1 is 1.22 bits per heavy atom. The van der Waals surface area contributed by atoms with Crippen molar-refractivity contribution in [2.24, 2.45) is 5.73 Å². The van der Waals surface area contributed by atoms with E-state index in [0.717, 1.165) is 34.5 Å². The minimum atomic E-state index is -0.319. The van der Waals surface area contributed by atoms with Crippen molar-refractivity contribution < 1.29 is 9.53 Å². The zero-order chi connectivity index (χ0) is 18.8. The van der Waals surface area contributed by atoms with Crippen LogP contribution in [0.2, 0.25) is 0 Å². The second kappa shape index (κ2) is 7.36. The highest BCUT2D eigenvalue weighted by atomic mass is 16.5. The van der Waals surface area contributed by atoms with Crippen LogP contribution in [0.5, 0.6) is 0 Å². The number of carbonyl (C=O) groups excluding carboxylic acids is 1. The second-order valence-corrected chi connectivity index (χ2v) is 6.96. The van der Waals surface area contributed by atoms with Gasteiger partial charge in [0.05, 0.1) is 31.1 Å². The number of carbonyl (C=O) groups is 1. The number of anilines is 1. The van der Waals surface area contributed by atoms with E-state index < -0.39 is 0 Å². The van der Waals surface area contributed by atoms with E-state index in [1.54, 1.807) is 6.33 Å². The van der Waals surface area contributed by atoms with Gasteiger partial charge in [0, 0.05) is 19.3 Å². The summed E-state index contributed by atoms with van der Waals surface area (Å²) < 4.78 is 7.66. The number of rotatable bonds is 5. The maximum absolute atomic E-state index is 11.0. The summed E-state index contributed by atoms with van der Waals surface area (Å²) in [6.45, 7) is 5.12. The molecule has 0 saturated carbocycles. The number of benzene rings is 1. The first-order valence-electron chi connectivity index (χ1n) is 9.12. The minimum absolute atomic E-state index is 0.265. The van der Waals surface area contributed by atoms with E-state index in [4.69, 9.17) is 10.5 Å². The van der Waals surface area contributed by atoms with Crippen molar-refractivity contribution in [1.82, 2.24) is 14.5 Å². The first-order valence-corrected chi connectivity index (χ1v) is 9.12. The van der Waals surface area contributed by atoms with Crippen LogP contribution in [0.1, 0.15) is 18.1 Å². The lowest BCUT2D eigenvalue weighted by Crippen LogP contribution is -2.44. The van der Waals surface area contributed by atoms with E-state index in [1.807, 2.05) is 30.5 Å². The number of aromatic nitrogens is 3. The molecule has 1 aliphatic rings. The van der Waals surface area contributed by atoms with Gasteiger partial charge in [0.2, 0.25) is 5.91 Å². The summed E-state index contributed by atoms with van der Waals surface area (Å²) >= 11 is 0. The molecule has 140 valence electrons. The van der Waals surface area contributed by atoms with E-state index in [-0.39, 0.29) is 18.4 Å².